The fourth-order valence-electron chi connectivity index (χ4n) is 4.24. The number of hydrogen-bond donors (Lipinski definition) is 0. The largest absolute Gasteiger partial charge is 0.339 e. The van der Waals surface area contributed by atoms with E-state index in [1.807, 2.05) is 18.7 Å². The zero-order valence-corrected chi connectivity index (χ0v) is 14.0. The van der Waals surface area contributed by atoms with Gasteiger partial charge in [-0.05, 0) is 50.4 Å². The first-order valence-electron chi connectivity index (χ1n) is 8.96. The fraction of sp³-hybridized carbons (Fsp3) is 0.778. The monoisotopic (exact) mass is 303 g/mol. The van der Waals surface area contributed by atoms with E-state index in [0.29, 0.717) is 23.3 Å². The Balaban J connectivity index is 1.61. The molecule has 1 aromatic rings. The highest BCUT2D eigenvalue weighted by atomic mass is 16.2. The van der Waals surface area contributed by atoms with Crippen molar-refractivity contribution in [1.29, 1.82) is 0 Å². The molecule has 1 saturated heterocycles. The van der Waals surface area contributed by atoms with E-state index in [1.54, 1.807) is 0 Å². The van der Waals surface area contributed by atoms with Crippen LogP contribution in [0.3, 0.4) is 0 Å². The Morgan fingerprint density at radius 3 is 2.77 bits per heavy atom. The first-order chi connectivity index (χ1) is 10.7. The summed E-state index contributed by atoms with van der Waals surface area (Å²) in [7, 11) is 0. The molecule has 0 spiro atoms. The number of nitrogens with zero attached hydrogens (tertiary/aromatic N) is 3. The third kappa shape index (κ3) is 2.92. The zero-order valence-electron chi connectivity index (χ0n) is 14.0. The summed E-state index contributed by atoms with van der Waals surface area (Å²) < 4.78 is 2.12. The molecule has 4 heteroatoms. The molecule has 1 saturated carbocycles. The van der Waals surface area contributed by atoms with E-state index in [4.69, 9.17) is 0 Å². The van der Waals surface area contributed by atoms with Crippen molar-refractivity contribution >= 4 is 5.91 Å². The second-order valence-corrected chi connectivity index (χ2v) is 7.10. The molecule has 1 aliphatic heterocycles. The molecule has 1 amide bonds. The molecular weight excluding hydrogens is 274 g/mol. The molecule has 2 heterocycles. The maximum atomic E-state index is 13.0. The van der Waals surface area contributed by atoms with Gasteiger partial charge in [-0.25, -0.2) is 4.98 Å². The number of aromatic nitrogens is 2. The molecule has 3 rings (SSSR count). The first kappa shape index (κ1) is 15.6. The lowest BCUT2D eigenvalue weighted by Gasteiger charge is -2.36. The van der Waals surface area contributed by atoms with Crippen LogP contribution in [-0.4, -0.2) is 32.9 Å². The van der Waals surface area contributed by atoms with Gasteiger partial charge < -0.3 is 9.47 Å². The van der Waals surface area contributed by atoms with Crippen LogP contribution in [0.5, 0.6) is 0 Å². The number of aryl methyl sites for hydroxylation is 1. The van der Waals surface area contributed by atoms with Gasteiger partial charge in [-0.1, -0.05) is 13.8 Å². The van der Waals surface area contributed by atoms with Gasteiger partial charge in [0.25, 0.3) is 0 Å². The van der Waals surface area contributed by atoms with Gasteiger partial charge in [0.15, 0.2) is 0 Å². The smallest absolute Gasteiger partial charge is 0.226 e. The normalized spacial score (nSPS) is 26.9. The molecule has 2 fully saturated rings. The summed E-state index contributed by atoms with van der Waals surface area (Å²) in [5.41, 5.74) is 0.323. The summed E-state index contributed by atoms with van der Waals surface area (Å²) in [5.74, 6) is 0.746. The maximum absolute atomic E-state index is 13.0. The summed E-state index contributed by atoms with van der Waals surface area (Å²) in [4.78, 5) is 19.3. The molecule has 0 N–H and O–H groups in total. The van der Waals surface area contributed by atoms with Gasteiger partial charge in [0.1, 0.15) is 0 Å². The van der Waals surface area contributed by atoms with Crippen LogP contribution in [0.2, 0.25) is 0 Å². The van der Waals surface area contributed by atoms with E-state index < -0.39 is 0 Å². The topological polar surface area (TPSA) is 38.1 Å². The van der Waals surface area contributed by atoms with Crippen molar-refractivity contribution in [3.8, 4) is 0 Å². The molecule has 2 atom stereocenters. The van der Waals surface area contributed by atoms with Crippen molar-refractivity contribution < 1.29 is 4.79 Å². The highest BCUT2D eigenvalue weighted by Gasteiger charge is 2.56. The Hall–Kier alpha value is -1.32. The number of hydrogen-bond acceptors (Lipinski definition) is 2. The molecule has 2 aliphatic rings. The second kappa shape index (κ2) is 6.43. The van der Waals surface area contributed by atoms with Gasteiger partial charge in [-0.3, -0.25) is 4.79 Å². The number of rotatable bonds is 6. The molecule has 4 nitrogen and oxygen atoms in total. The van der Waals surface area contributed by atoms with Gasteiger partial charge in [0.05, 0.1) is 6.33 Å². The zero-order chi connectivity index (χ0) is 15.6. The van der Waals surface area contributed by atoms with E-state index in [0.717, 1.165) is 38.8 Å². The van der Waals surface area contributed by atoms with Crippen LogP contribution in [0, 0.1) is 11.3 Å². The van der Waals surface area contributed by atoms with E-state index in [-0.39, 0.29) is 0 Å². The average Bonchev–Trinajstić information content (AvgIpc) is 3.07. The quantitative estimate of drug-likeness (QED) is 0.807. The Kier molecular flexibility index (Phi) is 4.55. The van der Waals surface area contributed by atoms with Gasteiger partial charge >= 0.3 is 0 Å². The van der Waals surface area contributed by atoms with Gasteiger partial charge in [-0.2, -0.15) is 0 Å². The second-order valence-electron chi connectivity index (χ2n) is 7.10. The van der Waals surface area contributed by atoms with Crippen molar-refractivity contribution in [2.24, 2.45) is 11.3 Å². The number of piperidine rings is 1. The summed E-state index contributed by atoms with van der Waals surface area (Å²) in [5, 5.41) is 0. The molecule has 1 aliphatic carbocycles. The molecule has 2 unspecified atom stereocenters. The van der Waals surface area contributed by atoms with Crippen LogP contribution < -0.4 is 0 Å². The van der Waals surface area contributed by atoms with Gasteiger partial charge in [0, 0.05) is 37.4 Å². The average molecular weight is 303 g/mol. The minimum Gasteiger partial charge on any atom is -0.339 e. The maximum Gasteiger partial charge on any atom is 0.226 e. The lowest BCUT2D eigenvalue weighted by Crippen LogP contribution is -2.45. The lowest BCUT2D eigenvalue weighted by molar-refractivity contribution is -0.137. The van der Waals surface area contributed by atoms with Crippen LogP contribution in [0.1, 0.15) is 58.8 Å². The van der Waals surface area contributed by atoms with Gasteiger partial charge in [0.2, 0.25) is 5.91 Å². The molecule has 1 aromatic heterocycles. The van der Waals surface area contributed by atoms with E-state index in [9.17, 15) is 4.79 Å². The molecule has 0 radical (unpaired) electrons. The summed E-state index contributed by atoms with van der Waals surface area (Å²) in [6.07, 6.45) is 13.8. The Morgan fingerprint density at radius 1 is 1.32 bits per heavy atom. The summed E-state index contributed by atoms with van der Waals surface area (Å²) in [6, 6.07) is 0.427. The van der Waals surface area contributed by atoms with Crippen LogP contribution >= 0.6 is 0 Å². The first-order valence-corrected chi connectivity index (χ1v) is 8.96. The van der Waals surface area contributed by atoms with E-state index in [1.165, 1.54) is 19.3 Å². The Morgan fingerprint density at radius 2 is 2.14 bits per heavy atom. The number of carbonyl (C=O) groups is 1. The van der Waals surface area contributed by atoms with Crippen molar-refractivity contribution in [2.45, 2.75) is 71.4 Å². The molecule has 0 bridgehead atoms. The van der Waals surface area contributed by atoms with Crippen LogP contribution in [0.4, 0.5) is 0 Å². The van der Waals surface area contributed by atoms with E-state index >= 15 is 0 Å². The van der Waals surface area contributed by atoms with Crippen molar-refractivity contribution in [3.05, 3.63) is 18.7 Å². The third-order valence-corrected chi connectivity index (χ3v) is 6.09. The highest BCUT2D eigenvalue weighted by molar-refractivity contribution is 5.83. The predicted molar refractivity (Wildman–Crippen MR) is 87.3 cm³/mol. The minimum absolute atomic E-state index is 0.302. The number of carbonyl (C=O) groups excluding carboxylic acids is 1. The summed E-state index contributed by atoms with van der Waals surface area (Å²) in [6.45, 7) is 6.41. The third-order valence-electron chi connectivity index (χ3n) is 6.09. The van der Waals surface area contributed by atoms with Crippen molar-refractivity contribution in [3.63, 3.8) is 0 Å². The fourth-order valence-corrected chi connectivity index (χ4v) is 4.24. The highest BCUT2D eigenvalue weighted by Crippen LogP contribution is 2.58. The SMILES string of the molecule is CCC1(CC)CC1C(=O)N1CCCCC1CCn1ccnc1. The van der Waals surface area contributed by atoms with Gasteiger partial charge in [-0.15, -0.1) is 0 Å². The number of likely N-dealkylation sites (tertiary alicyclic amines) is 1. The number of amides is 1. The van der Waals surface area contributed by atoms with Crippen LogP contribution in [0.25, 0.3) is 0 Å². The number of imidazole rings is 1. The molecule has 22 heavy (non-hydrogen) atoms. The van der Waals surface area contributed by atoms with Crippen LogP contribution in [0.15, 0.2) is 18.7 Å². The standard InChI is InChI=1S/C18H29N3O/c1-3-18(4-2)13-16(18)17(22)21-10-6-5-7-15(21)8-11-20-12-9-19-14-20/h9,12,14-16H,3-8,10-11,13H2,1-2H3. The molecular formula is C18H29N3O. The lowest BCUT2D eigenvalue weighted by atomic mass is 9.94. The van der Waals surface area contributed by atoms with Crippen molar-refractivity contribution in [1.82, 2.24) is 14.5 Å². The van der Waals surface area contributed by atoms with Crippen LogP contribution in [-0.2, 0) is 11.3 Å². The summed E-state index contributed by atoms with van der Waals surface area (Å²) >= 11 is 0. The minimum atomic E-state index is 0.302. The molecule has 0 aromatic carbocycles. The van der Waals surface area contributed by atoms with E-state index in [2.05, 4.69) is 28.3 Å². The Bertz CT molecular complexity index is 492. The molecule has 122 valence electrons. The predicted octanol–water partition coefficient (Wildman–Crippen LogP) is 3.48. The van der Waals surface area contributed by atoms with Crippen molar-refractivity contribution in [2.75, 3.05) is 6.54 Å². The Labute approximate surface area is 133 Å².